The number of hydrogen-bond donors (Lipinski definition) is 2. The second kappa shape index (κ2) is 6.99. The maximum absolute atomic E-state index is 2.36. The number of rotatable bonds is 6. The zero-order chi connectivity index (χ0) is 7.82. The van der Waals surface area contributed by atoms with Crippen molar-refractivity contribution >= 4 is 0 Å². The highest BCUT2D eigenvalue weighted by Gasteiger charge is 1.96. The van der Waals surface area contributed by atoms with E-state index in [0.717, 1.165) is 0 Å². The smallest absolute Gasteiger partial charge is 0.0882 e. The third kappa shape index (κ3) is 6.01. The molecular formula is C7H21N3+2. The Morgan fingerprint density at radius 2 is 1.40 bits per heavy atom. The summed E-state index contributed by atoms with van der Waals surface area (Å²) < 4.78 is 0. The van der Waals surface area contributed by atoms with E-state index in [1.54, 1.807) is 0 Å². The van der Waals surface area contributed by atoms with E-state index in [1.165, 1.54) is 26.2 Å². The largest absolute Gasteiger partial charge is 0.348 e. The third-order valence-corrected chi connectivity index (χ3v) is 1.60. The molecule has 0 radical (unpaired) electrons. The molecule has 0 bridgehead atoms. The molecule has 0 aliphatic heterocycles. The Bertz CT molecular complexity index is 57.9. The van der Waals surface area contributed by atoms with Gasteiger partial charge in [0.25, 0.3) is 0 Å². The summed E-state index contributed by atoms with van der Waals surface area (Å²) in [5, 5.41) is 4.43. The van der Waals surface area contributed by atoms with Crippen molar-refractivity contribution in [2.24, 2.45) is 0 Å². The van der Waals surface area contributed by atoms with Gasteiger partial charge in [-0.1, -0.05) is 0 Å². The van der Waals surface area contributed by atoms with Gasteiger partial charge in [-0.2, -0.15) is 0 Å². The number of quaternary nitrogens is 2. The molecule has 3 nitrogen and oxygen atoms in total. The maximum Gasteiger partial charge on any atom is 0.0882 e. The Kier molecular flexibility index (Phi) is 6.91. The van der Waals surface area contributed by atoms with Gasteiger partial charge in [-0.05, 0) is 7.05 Å². The Morgan fingerprint density at radius 1 is 1.00 bits per heavy atom. The topological polar surface area (TPSA) is 36.5 Å². The average Bonchev–Trinajstić information content (AvgIpc) is 1.97. The molecule has 0 atom stereocenters. The van der Waals surface area contributed by atoms with Crippen LogP contribution in [0.2, 0.25) is 0 Å². The lowest BCUT2D eigenvalue weighted by Crippen LogP contribution is -2.82. The molecule has 10 heavy (non-hydrogen) atoms. The molecule has 0 heterocycles. The van der Waals surface area contributed by atoms with Gasteiger partial charge in [-0.3, -0.25) is 4.90 Å². The molecule has 0 aliphatic carbocycles. The normalized spacial score (nSPS) is 10.8. The first-order chi connectivity index (χ1) is 4.81. The van der Waals surface area contributed by atoms with Crippen LogP contribution in [-0.2, 0) is 0 Å². The molecular weight excluding hydrogens is 126 g/mol. The average molecular weight is 147 g/mol. The van der Waals surface area contributed by atoms with Crippen LogP contribution in [-0.4, -0.2) is 52.2 Å². The Hall–Kier alpha value is -0.120. The predicted molar refractivity (Wildman–Crippen MR) is 42.9 cm³/mol. The van der Waals surface area contributed by atoms with Crippen molar-refractivity contribution in [3.05, 3.63) is 0 Å². The first-order valence-corrected chi connectivity index (χ1v) is 4.05. The van der Waals surface area contributed by atoms with Crippen LogP contribution in [0.3, 0.4) is 0 Å². The van der Waals surface area contributed by atoms with Gasteiger partial charge in [-0.25, -0.2) is 0 Å². The van der Waals surface area contributed by atoms with Gasteiger partial charge in [0.05, 0.1) is 27.2 Å². The molecule has 0 saturated heterocycles. The molecule has 0 aliphatic rings. The fourth-order valence-corrected chi connectivity index (χ4v) is 0.811. The summed E-state index contributed by atoms with van der Waals surface area (Å²) in [4.78, 5) is 2.36. The summed E-state index contributed by atoms with van der Waals surface area (Å²) in [5.41, 5.74) is 0. The standard InChI is InChI=1S/C7H19N3/c1-8-4-6-10(3)7-5-9-2/h8-9H,4-7H2,1-3H3/p+2. The number of likely N-dealkylation sites (N-methyl/N-ethyl adjacent to an activating group) is 3. The molecule has 0 spiro atoms. The van der Waals surface area contributed by atoms with Crippen LogP contribution < -0.4 is 10.6 Å². The summed E-state index contributed by atoms with van der Waals surface area (Å²) in [6.45, 7) is 4.81. The van der Waals surface area contributed by atoms with Gasteiger partial charge in [0.2, 0.25) is 0 Å². The Balaban J connectivity index is 3.00. The minimum Gasteiger partial charge on any atom is -0.348 e. The molecule has 0 saturated carbocycles. The molecule has 0 amide bonds. The first kappa shape index (κ1) is 9.88. The van der Waals surface area contributed by atoms with Gasteiger partial charge in [-0.15, -0.1) is 0 Å². The molecule has 4 N–H and O–H groups in total. The molecule has 0 unspecified atom stereocenters. The molecule has 62 valence electrons. The second-order valence-corrected chi connectivity index (χ2v) is 2.70. The Morgan fingerprint density at radius 3 is 1.70 bits per heavy atom. The van der Waals surface area contributed by atoms with Crippen LogP contribution in [0.25, 0.3) is 0 Å². The zero-order valence-corrected chi connectivity index (χ0v) is 7.43. The summed E-state index contributed by atoms with van der Waals surface area (Å²) in [7, 11) is 6.40. The lowest BCUT2D eigenvalue weighted by Gasteiger charge is -2.12. The van der Waals surface area contributed by atoms with E-state index in [0.29, 0.717) is 0 Å². The summed E-state index contributed by atoms with van der Waals surface area (Å²) in [5.74, 6) is 0. The van der Waals surface area contributed by atoms with Crippen molar-refractivity contribution in [1.29, 1.82) is 0 Å². The predicted octanol–water partition coefficient (Wildman–Crippen LogP) is -2.70. The van der Waals surface area contributed by atoms with Crippen LogP contribution in [0, 0.1) is 0 Å². The van der Waals surface area contributed by atoms with E-state index in [1.807, 2.05) is 0 Å². The third-order valence-electron chi connectivity index (χ3n) is 1.60. The van der Waals surface area contributed by atoms with Gasteiger partial charge >= 0.3 is 0 Å². The lowest BCUT2D eigenvalue weighted by molar-refractivity contribution is -0.631. The first-order valence-electron chi connectivity index (χ1n) is 4.05. The lowest BCUT2D eigenvalue weighted by atomic mass is 10.5. The monoisotopic (exact) mass is 147 g/mol. The van der Waals surface area contributed by atoms with Crippen LogP contribution in [0.15, 0.2) is 0 Å². The highest BCUT2D eigenvalue weighted by Crippen LogP contribution is 1.73. The number of hydrogen-bond acceptors (Lipinski definition) is 1. The minimum atomic E-state index is 1.20. The maximum atomic E-state index is 2.36. The van der Waals surface area contributed by atoms with Gasteiger partial charge in [0.15, 0.2) is 0 Å². The number of nitrogens with zero attached hydrogens (tertiary/aromatic N) is 1. The van der Waals surface area contributed by atoms with Gasteiger partial charge in [0.1, 0.15) is 0 Å². The summed E-state index contributed by atoms with van der Waals surface area (Å²) in [6.07, 6.45) is 0. The zero-order valence-electron chi connectivity index (χ0n) is 7.43. The summed E-state index contributed by atoms with van der Waals surface area (Å²) in [6, 6.07) is 0. The Labute approximate surface area is 63.8 Å². The SMILES string of the molecule is C[NH2+]CCN(C)CC[NH2+]C. The highest BCUT2D eigenvalue weighted by molar-refractivity contribution is 4.45. The fourth-order valence-electron chi connectivity index (χ4n) is 0.811. The van der Waals surface area contributed by atoms with Crippen molar-refractivity contribution in [3.8, 4) is 0 Å². The molecule has 0 fully saturated rings. The molecule has 0 aromatic rings. The van der Waals surface area contributed by atoms with Crippen molar-refractivity contribution < 1.29 is 10.6 Å². The van der Waals surface area contributed by atoms with E-state index in [2.05, 4.69) is 36.7 Å². The highest BCUT2D eigenvalue weighted by atomic mass is 15.1. The summed E-state index contributed by atoms with van der Waals surface area (Å²) >= 11 is 0. The quantitative estimate of drug-likeness (QED) is 0.421. The fraction of sp³-hybridized carbons (Fsp3) is 1.00. The van der Waals surface area contributed by atoms with E-state index in [-0.39, 0.29) is 0 Å². The van der Waals surface area contributed by atoms with Crippen LogP contribution in [0.5, 0.6) is 0 Å². The van der Waals surface area contributed by atoms with Gasteiger partial charge < -0.3 is 10.6 Å². The molecule has 0 aromatic heterocycles. The van der Waals surface area contributed by atoms with Crippen molar-refractivity contribution in [2.45, 2.75) is 0 Å². The molecule has 0 aromatic carbocycles. The van der Waals surface area contributed by atoms with Crippen molar-refractivity contribution in [1.82, 2.24) is 4.90 Å². The molecule has 3 heteroatoms. The van der Waals surface area contributed by atoms with E-state index >= 15 is 0 Å². The van der Waals surface area contributed by atoms with Crippen molar-refractivity contribution in [3.63, 3.8) is 0 Å². The minimum absolute atomic E-state index is 1.20. The van der Waals surface area contributed by atoms with E-state index < -0.39 is 0 Å². The van der Waals surface area contributed by atoms with Gasteiger partial charge in [0, 0.05) is 13.1 Å². The van der Waals surface area contributed by atoms with E-state index in [9.17, 15) is 0 Å². The molecule has 0 rings (SSSR count). The van der Waals surface area contributed by atoms with E-state index in [4.69, 9.17) is 0 Å². The van der Waals surface area contributed by atoms with Crippen LogP contribution >= 0.6 is 0 Å². The second-order valence-electron chi connectivity index (χ2n) is 2.70. The van der Waals surface area contributed by atoms with Crippen molar-refractivity contribution in [2.75, 3.05) is 47.3 Å². The van der Waals surface area contributed by atoms with Crippen LogP contribution in [0.1, 0.15) is 0 Å². The number of nitrogens with two attached hydrogens (primary N) is 2. The van der Waals surface area contributed by atoms with Crippen LogP contribution in [0.4, 0.5) is 0 Å².